The first-order valence-electron chi connectivity index (χ1n) is 6.52. The monoisotopic (exact) mass is 292 g/mol. The third kappa shape index (κ3) is 2.55. The lowest BCUT2D eigenvalue weighted by atomic mass is 10.1. The molecule has 1 aliphatic carbocycles. The zero-order valence-electron chi connectivity index (χ0n) is 10.8. The van der Waals surface area contributed by atoms with Crippen molar-refractivity contribution >= 4 is 11.8 Å². The number of benzene rings is 1. The molecule has 0 bridgehead atoms. The Labute approximate surface area is 120 Å². The lowest BCUT2D eigenvalue weighted by Crippen LogP contribution is -2.03. The highest BCUT2D eigenvalue weighted by Gasteiger charge is 2.16. The van der Waals surface area contributed by atoms with E-state index in [-0.39, 0.29) is 0 Å². The van der Waals surface area contributed by atoms with E-state index < -0.39 is 11.6 Å². The maximum Gasteiger partial charge on any atom is 0.159 e. The molecule has 20 heavy (non-hydrogen) atoms. The second-order valence-corrected chi connectivity index (χ2v) is 5.86. The third-order valence-corrected chi connectivity index (χ3v) is 4.45. The highest BCUT2D eigenvalue weighted by molar-refractivity contribution is 7.99. The fourth-order valence-corrected chi connectivity index (χ4v) is 3.34. The molecule has 1 heterocycles. The Morgan fingerprint density at radius 1 is 1.15 bits per heavy atom. The molecule has 2 N–H and O–H groups in total. The van der Waals surface area contributed by atoms with E-state index in [0.29, 0.717) is 11.4 Å². The lowest BCUT2D eigenvalue weighted by molar-refractivity contribution is 0.506. The molecule has 1 aromatic heterocycles. The van der Waals surface area contributed by atoms with Gasteiger partial charge in [-0.15, -0.1) is 0 Å². The standard InChI is InChI=1S/C15H14F2N2S/c16-12-5-4-11(7-13(12)17)20-15-10(8-18)6-9-2-1-3-14(9)19-15/h4-7H,1-3,8,18H2. The van der Waals surface area contributed by atoms with Gasteiger partial charge in [-0.1, -0.05) is 17.8 Å². The van der Waals surface area contributed by atoms with Crippen molar-refractivity contribution in [1.29, 1.82) is 0 Å². The number of aryl methyl sites for hydroxylation is 2. The van der Waals surface area contributed by atoms with Gasteiger partial charge in [0.05, 0.1) is 0 Å². The van der Waals surface area contributed by atoms with Crippen LogP contribution >= 0.6 is 11.8 Å². The fraction of sp³-hybridized carbons (Fsp3) is 0.267. The van der Waals surface area contributed by atoms with Crippen LogP contribution in [0.5, 0.6) is 0 Å². The minimum Gasteiger partial charge on any atom is -0.326 e. The van der Waals surface area contributed by atoms with Crippen LogP contribution in [-0.4, -0.2) is 4.98 Å². The molecule has 2 aromatic rings. The molecule has 1 aromatic carbocycles. The molecule has 0 saturated carbocycles. The average Bonchev–Trinajstić information content (AvgIpc) is 2.89. The number of halogens is 2. The van der Waals surface area contributed by atoms with Gasteiger partial charge >= 0.3 is 0 Å². The minimum absolute atomic E-state index is 0.395. The smallest absolute Gasteiger partial charge is 0.159 e. The molecule has 0 unspecified atom stereocenters. The maximum atomic E-state index is 13.3. The number of aromatic nitrogens is 1. The van der Waals surface area contributed by atoms with Crippen LogP contribution in [0.15, 0.2) is 34.2 Å². The van der Waals surface area contributed by atoms with Gasteiger partial charge in [0.25, 0.3) is 0 Å². The SMILES string of the molecule is NCc1cc2c(nc1Sc1ccc(F)c(F)c1)CCC2. The van der Waals surface area contributed by atoms with Crippen molar-refractivity contribution < 1.29 is 8.78 Å². The minimum atomic E-state index is -0.842. The van der Waals surface area contributed by atoms with E-state index in [1.165, 1.54) is 23.4 Å². The number of nitrogens with two attached hydrogens (primary N) is 1. The zero-order valence-corrected chi connectivity index (χ0v) is 11.6. The molecule has 5 heteroatoms. The Kier molecular flexibility index (Phi) is 3.72. The van der Waals surface area contributed by atoms with Crippen LogP contribution in [-0.2, 0) is 19.4 Å². The summed E-state index contributed by atoms with van der Waals surface area (Å²) in [6.07, 6.45) is 3.14. The summed E-state index contributed by atoms with van der Waals surface area (Å²) in [6, 6.07) is 5.97. The highest BCUT2D eigenvalue weighted by atomic mass is 32.2. The molecule has 104 valence electrons. The third-order valence-electron chi connectivity index (χ3n) is 3.42. The van der Waals surface area contributed by atoms with Crippen molar-refractivity contribution in [2.45, 2.75) is 35.7 Å². The van der Waals surface area contributed by atoms with Crippen LogP contribution in [0.4, 0.5) is 8.78 Å². The van der Waals surface area contributed by atoms with E-state index in [4.69, 9.17) is 5.73 Å². The van der Waals surface area contributed by atoms with Crippen LogP contribution in [0.1, 0.15) is 23.2 Å². The molecule has 3 rings (SSSR count). The first-order chi connectivity index (χ1) is 9.67. The number of fused-ring (bicyclic) bond motifs is 1. The van der Waals surface area contributed by atoms with Crippen molar-refractivity contribution in [3.63, 3.8) is 0 Å². The summed E-state index contributed by atoms with van der Waals surface area (Å²) in [7, 11) is 0. The van der Waals surface area contributed by atoms with Gasteiger partial charge in [0, 0.05) is 17.1 Å². The zero-order chi connectivity index (χ0) is 14.1. The Bertz CT molecular complexity index is 659. The van der Waals surface area contributed by atoms with E-state index in [0.717, 1.165) is 41.6 Å². The molecule has 0 atom stereocenters. The van der Waals surface area contributed by atoms with E-state index in [1.807, 2.05) is 0 Å². The molecule has 0 amide bonds. The van der Waals surface area contributed by atoms with Crippen LogP contribution in [0.25, 0.3) is 0 Å². The van der Waals surface area contributed by atoms with Gasteiger partial charge in [0.1, 0.15) is 5.03 Å². The highest BCUT2D eigenvalue weighted by Crippen LogP contribution is 2.33. The molecule has 1 aliphatic rings. The summed E-state index contributed by atoms with van der Waals surface area (Å²) in [5.74, 6) is -1.68. The second-order valence-electron chi connectivity index (χ2n) is 4.79. The lowest BCUT2D eigenvalue weighted by Gasteiger charge is -2.10. The predicted molar refractivity (Wildman–Crippen MR) is 74.6 cm³/mol. The fourth-order valence-electron chi connectivity index (χ4n) is 2.39. The van der Waals surface area contributed by atoms with Gasteiger partial charge in [0.2, 0.25) is 0 Å². The molecule has 0 saturated heterocycles. The van der Waals surface area contributed by atoms with Crippen molar-refractivity contribution in [1.82, 2.24) is 4.98 Å². The molecular weight excluding hydrogens is 278 g/mol. The summed E-state index contributed by atoms with van der Waals surface area (Å²) in [4.78, 5) is 5.27. The molecule has 2 nitrogen and oxygen atoms in total. The largest absolute Gasteiger partial charge is 0.326 e. The molecule has 0 fully saturated rings. The van der Waals surface area contributed by atoms with E-state index in [9.17, 15) is 8.78 Å². The van der Waals surface area contributed by atoms with Gasteiger partial charge in [-0.25, -0.2) is 13.8 Å². The van der Waals surface area contributed by atoms with E-state index >= 15 is 0 Å². The Morgan fingerprint density at radius 3 is 2.75 bits per heavy atom. The quantitative estimate of drug-likeness (QED) is 0.941. The van der Waals surface area contributed by atoms with E-state index in [2.05, 4.69) is 11.1 Å². The van der Waals surface area contributed by atoms with Crippen LogP contribution in [0, 0.1) is 11.6 Å². The molecule has 0 radical (unpaired) electrons. The van der Waals surface area contributed by atoms with Gasteiger partial charge in [-0.05, 0) is 48.6 Å². The molecule has 0 aliphatic heterocycles. The van der Waals surface area contributed by atoms with Crippen molar-refractivity contribution in [3.8, 4) is 0 Å². The van der Waals surface area contributed by atoms with Gasteiger partial charge < -0.3 is 5.73 Å². The Balaban J connectivity index is 1.95. The van der Waals surface area contributed by atoms with Crippen LogP contribution in [0.3, 0.4) is 0 Å². The van der Waals surface area contributed by atoms with Crippen molar-refractivity contribution in [3.05, 3.63) is 52.7 Å². The average molecular weight is 292 g/mol. The first-order valence-corrected chi connectivity index (χ1v) is 7.33. The Morgan fingerprint density at radius 2 is 2.00 bits per heavy atom. The first kappa shape index (κ1) is 13.5. The molecular formula is C15H14F2N2S. The van der Waals surface area contributed by atoms with Crippen LogP contribution in [0.2, 0.25) is 0 Å². The van der Waals surface area contributed by atoms with Crippen molar-refractivity contribution in [2.24, 2.45) is 5.73 Å². The summed E-state index contributed by atoms with van der Waals surface area (Å²) >= 11 is 1.33. The number of pyridine rings is 1. The molecule has 0 spiro atoms. The predicted octanol–water partition coefficient (Wildman–Crippen LogP) is 3.46. The van der Waals surface area contributed by atoms with Crippen molar-refractivity contribution in [2.75, 3.05) is 0 Å². The number of hydrogen-bond acceptors (Lipinski definition) is 3. The van der Waals surface area contributed by atoms with Gasteiger partial charge in [0.15, 0.2) is 11.6 Å². The maximum absolute atomic E-state index is 13.3. The second kappa shape index (κ2) is 5.50. The summed E-state index contributed by atoms with van der Waals surface area (Å²) < 4.78 is 26.2. The van der Waals surface area contributed by atoms with Crippen LogP contribution < -0.4 is 5.73 Å². The topological polar surface area (TPSA) is 38.9 Å². The number of nitrogens with zero attached hydrogens (tertiary/aromatic N) is 1. The Hall–Kier alpha value is -1.46. The summed E-state index contributed by atoms with van der Waals surface area (Å²) in [6.45, 7) is 0.395. The normalized spacial score (nSPS) is 13.6. The van der Waals surface area contributed by atoms with E-state index in [1.54, 1.807) is 6.07 Å². The van der Waals surface area contributed by atoms with Gasteiger partial charge in [-0.3, -0.25) is 0 Å². The summed E-state index contributed by atoms with van der Waals surface area (Å²) in [5.41, 5.74) is 9.09. The van der Waals surface area contributed by atoms with Gasteiger partial charge in [-0.2, -0.15) is 0 Å². The summed E-state index contributed by atoms with van der Waals surface area (Å²) in [5, 5.41) is 0.791. The number of rotatable bonds is 3. The number of hydrogen-bond donors (Lipinski definition) is 1.